The Morgan fingerprint density at radius 3 is 2.63 bits per heavy atom. The molecule has 104 valence electrons. The van der Waals surface area contributed by atoms with Crippen molar-refractivity contribution in [2.24, 2.45) is 0 Å². The number of nitriles is 1. The lowest BCUT2D eigenvalue weighted by molar-refractivity contribution is 0.617. The molecule has 3 heteroatoms. The van der Waals surface area contributed by atoms with Crippen LogP contribution in [0.3, 0.4) is 0 Å². The monoisotopic (exact) mass is 259 g/mol. The summed E-state index contributed by atoms with van der Waals surface area (Å²) in [5.74, 6) is 0. The van der Waals surface area contributed by atoms with E-state index in [4.69, 9.17) is 11.0 Å². The minimum Gasteiger partial charge on any atom is -0.398 e. The summed E-state index contributed by atoms with van der Waals surface area (Å²) in [6.45, 7) is 3.23. The molecule has 0 bridgehead atoms. The highest BCUT2D eigenvalue weighted by molar-refractivity contribution is 5.57. The number of nitrogens with one attached hydrogen (secondary N) is 1. The second kappa shape index (κ2) is 9.27. The van der Waals surface area contributed by atoms with Crippen molar-refractivity contribution in [2.75, 3.05) is 17.6 Å². The SMILES string of the molecule is CCCCCCCCNc1ccc(N)c(CC#N)c1. The van der Waals surface area contributed by atoms with Gasteiger partial charge in [0.05, 0.1) is 12.5 Å². The van der Waals surface area contributed by atoms with E-state index in [0.717, 1.165) is 17.8 Å². The Morgan fingerprint density at radius 1 is 1.16 bits per heavy atom. The van der Waals surface area contributed by atoms with Crippen molar-refractivity contribution in [3.8, 4) is 6.07 Å². The number of anilines is 2. The minimum atomic E-state index is 0.373. The number of nitrogen functional groups attached to an aromatic ring is 1. The maximum atomic E-state index is 8.73. The normalized spacial score (nSPS) is 10.1. The predicted octanol–water partition coefficient (Wildman–Crippen LogP) is 4.11. The molecule has 3 N–H and O–H groups in total. The fraction of sp³-hybridized carbons (Fsp3) is 0.562. The Labute approximate surface area is 116 Å². The van der Waals surface area contributed by atoms with Gasteiger partial charge in [0.25, 0.3) is 0 Å². The van der Waals surface area contributed by atoms with Crippen LogP contribution >= 0.6 is 0 Å². The Balaban J connectivity index is 2.26. The van der Waals surface area contributed by atoms with Crippen LogP contribution in [0.1, 0.15) is 51.0 Å². The third-order valence-electron chi connectivity index (χ3n) is 3.27. The standard InChI is InChI=1S/C16H25N3/c1-2-3-4-5-6-7-12-19-15-8-9-16(18)14(13-15)10-11-17/h8-9,13,19H,2-7,10,12,18H2,1H3. The van der Waals surface area contributed by atoms with Crippen molar-refractivity contribution in [3.63, 3.8) is 0 Å². The lowest BCUT2D eigenvalue weighted by Crippen LogP contribution is -2.03. The first-order chi connectivity index (χ1) is 9.27. The second-order valence-electron chi connectivity index (χ2n) is 4.94. The lowest BCUT2D eigenvalue weighted by atomic mass is 10.1. The molecule has 0 spiro atoms. The van der Waals surface area contributed by atoms with Crippen molar-refractivity contribution < 1.29 is 0 Å². The van der Waals surface area contributed by atoms with Gasteiger partial charge in [-0.3, -0.25) is 0 Å². The fourth-order valence-corrected chi connectivity index (χ4v) is 2.09. The summed E-state index contributed by atoms with van der Waals surface area (Å²) >= 11 is 0. The highest BCUT2D eigenvalue weighted by Gasteiger charge is 2.00. The zero-order chi connectivity index (χ0) is 13.9. The van der Waals surface area contributed by atoms with E-state index in [1.165, 1.54) is 38.5 Å². The molecule has 1 aromatic rings. The molecule has 0 aliphatic carbocycles. The summed E-state index contributed by atoms with van der Waals surface area (Å²) in [6.07, 6.45) is 8.18. The third kappa shape index (κ3) is 6.15. The topological polar surface area (TPSA) is 61.8 Å². The van der Waals surface area contributed by atoms with Gasteiger partial charge in [0.15, 0.2) is 0 Å². The molecular weight excluding hydrogens is 234 g/mol. The van der Waals surface area contributed by atoms with E-state index < -0.39 is 0 Å². The first-order valence-corrected chi connectivity index (χ1v) is 7.27. The molecule has 0 atom stereocenters. The molecule has 1 aromatic carbocycles. The van der Waals surface area contributed by atoms with Gasteiger partial charge < -0.3 is 11.1 Å². The average Bonchev–Trinajstić information content (AvgIpc) is 2.41. The summed E-state index contributed by atoms with van der Waals surface area (Å²) in [7, 11) is 0. The zero-order valence-corrected chi connectivity index (χ0v) is 11.9. The number of hydrogen-bond acceptors (Lipinski definition) is 3. The molecule has 0 saturated carbocycles. The van der Waals surface area contributed by atoms with Gasteiger partial charge in [-0.05, 0) is 30.2 Å². The van der Waals surface area contributed by atoms with E-state index in [9.17, 15) is 0 Å². The van der Waals surface area contributed by atoms with Crippen LogP contribution in [0, 0.1) is 11.3 Å². The first kappa shape index (κ1) is 15.4. The van der Waals surface area contributed by atoms with Crippen molar-refractivity contribution in [1.82, 2.24) is 0 Å². The number of unbranched alkanes of at least 4 members (excludes halogenated alkanes) is 5. The third-order valence-corrected chi connectivity index (χ3v) is 3.27. The Kier molecular flexibility index (Phi) is 7.50. The molecule has 0 saturated heterocycles. The molecule has 0 amide bonds. The Morgan fingerprint density at radius 2 is 1.89 bits per heavy atom. The molecule has 0 heterocycles. The van der Waals surface area contributed by atoms with Crippen molar-refractivity contribution in [3.05, 3.63) is 23.8 Å². The summed E-state index contributed by atoms with van der Waals surface area (Å²) in [4.78, 5) is 0. The van der Waals surface area contributed by atoms with Crippen LogP contribution in [0.4, 0.5) is 11.4 Å². The van der Waals surface area contributed by atoms with Gasteiger partial charge in [-0.25, -0.2) is 0 Å². The molecule has 0 radical (unpaired) electrons. The van der Waals surface area contributed by atoms with Crippen molar-refractivity contribution in [1.29, 1.82) is 5.26 Å². The molecule has 0 fully saturated rings. The van der Waals surface area contributed by atoms with Crippen LogP contribution in [0.15, 0.2) is 18.2 Å². The van der Waals surface area contributed by atoms with Gasteiger partial charge in [0, 0.05) is 17.9 Å². The van der Waals surface area contributed by atoms with Crippen LogP contribution in [0.25, 0.3) is 0 Å². The number of hydrogen-bond donors (Lipinski definition) is 2. The van der Waals surface area contributed by atoms with Gasteiger partial charge in [0.1, 0.15) is 0 Å². The molecule has 0 aliphatic rings. The van der Waals surface area contributed by atoms with Crippen molar-refractivity contribution >= 4 is 11.4 Å². The maximum absolute atomic E-state index is 8.73. The van der Waals surface area contributed by atoms with Crippen LogP contribution in [0.2, 0.25) is 0 Å². The predicted molar refractivity (Wildman–Crippen MR) is 82.0 cm³/mol. The molecule has 1 rings (SSSR count). The molecular formula is C16H25N3. The number of nitrogens with two attached hydrogens (primary N) is 1. The van der Waals surface area contributed by atoms with E-state index in [-0.39, 0.29) is 0 Å². The Bertz CT molecular complexity index is 407. The first-order valence-electron chi connectivity index (χ1n) is 7.27. The largest absolute Gasteiger partial charge is 0.398 e. The molecule has 19 heavy (non-hydrogen) atoms. The summed E-state index contributed by atoms with van der Waals surface area (Å²) < 4.78 is 0. The maximum Gasteiger partial charge on any atom is 0.0670 e. The second-order valence-corrected chi connectivity index (χ2v) is 4.94. The lowest BCUT2D eigenvalue weighted by Gasteiger charge is -2.09. The summed E-state index contributed by atoms with van der Waals surface area (Å²) in [6, 6.07) is 7.97. The van der Waals surface area contributed by atoms with E-state index in [0.29, 0.717) is 12.1 Å². The van der Waals surface area contributed by atoms with Gasteiger partial charge in [-0.1, -0.05) is 39.0 Å². The number of rotatable bonds is 9. The smallest absolute Gasteiger partial charge is 0.0670 e. The Hall–Kier alpha value is -1.69. The van der Waals surface area contributed by atoms with Gasteiger partial charge >= 0.3 is 0 Å². The minimum absolute atomic E-state index is 0.373. The molecule has 0 aromatic heterocycles. The van der Waals surface area contributed by atoms with Gasteiger partial charge in [0.2, 0.25) is 0 Å². The zero-order valence-electron chi connectivity index (χ0n) is 11.9. The van der Waals surface area contributed by atoms with E-state index in [2.05, 4.69) is 18.3 Å². The van der Waals surface area contributed by atoms with E-state index in [1.807, 2.05) is 18.2 Å². The van der Waals surface area contributed by atoms with Crippen LogP contribution in [-0.2, 0) is 6.42 Å². The van der Waals surface area contributed by atoms with Crippen molar-refractivity contribution in [2.45, 2.75) is 51.9 Å². The summed E-state index contributed by atoms with van der Waals surface area (Å²) in [5, 5.41) is 12.1. The molecule has 0 unspecified atom stereocenters. The van der Waals surface area contributed by atoms with Crippen LogP contribution < -0.4 is 11.1 Å². The quantitative estimate of drug-likeness (QED) is 0.518. The summed E-state index contributed by atoms with van der Waals surface area (Å²) in [5.41, 5.74) is 8.50. The highest BCUT2D eigenvalue weighted by Crippen LogP contribution is 2.18. The van der Waals surface area contributed by atoms with Gasteiger partial charge in [-0.15, -0.1) is 0 Å². The van der Waals surface area contributed by atoms with Gasteiger partial charge in [-0.2, -0.15) is 5.26 Å². The average molecular weight is 259 g/mol. The van der Waals surface area contributed by atoms with Crippen LogP contribution in [0.5, 0.6) is 0 Å². The highest BCUT2D eigenvalue weighted by atomic mass is 14.9. The van der Waals surface area contributed by atoms with E-state index >= 15 is 0 Å². The molecule has 3 nitrogen and oxygen atoms in total. The number of nitrogens with zero attached hydrogens (tertiary/aromatic N) is 1. The molecule has 0 aliphatic heterocycles. The number of benzene rings is 1. The fourth-order valence-electron chi connectivity index (χ4n) is 2.09. The van der Waals surface area contributed by atoms with Crippen LogP contribution in [-0.4, -0.2) is 6.54 Å². The van der Waals surface area contributed by atoms with E-state index in [1.54, 1.807) is 0 Å².